The number of benzene rings is 1. The topological polar surface area (TPSA) is 64.8 Å². The molecular formula is C23H28N2O4. The average Bonchev–Trinajstić information content (AvgIpc) is 3.48. The molecule has 1 aromatic heterocycles. The highest BCUT2D eigenvalue weighted by Crippen LogP contribution is 2.28. The standard InChI is InChI=1S/C23H28N2O4/c26-21(23-24-11-14-28-23)8-4-7-18-9-12-25(13-10-18)20(22-16-27-17-29-22)15-19-5-2-1-3-6-19/h1-3,5-6,11,14,16,18,20H,4,7-10,12-13,15,17H2. The lowest BCUT2D eigenvalue weighted by Crippen LogP contribution is -2.43. The zero-order chi connectivity index (χ0) is 19.9. The number of oxazole rings is 1. The highest BCUT2D eigenvalue weighted by molar-refractivity contribution is 5.91. The predicted octanol–water partition coefficient (Wildman–Crippen LogP) is 4.20. The van der Waals surface area contributed by atoms with Gasteiger partial charge in [0, 0.05) is 6.42 Å². The van der Waals surface area contributed by atoms with E-state index in [1.54, 1.807) is 6.26 Å². The lowest BCUT2D eigenvalue weighted by molar-refractivity contribution is 0.0509. The van der Waals surface area contributed by atoms with Crippen LogP contribution in [0, 0.1) is 5.92 Å². The quantitative estimate of drug-likeness (QED) is 0.592. The van der Waals surface area contributed by atoms with Gasteiger partial charge >= 0.3 is 0 Å². The zero-order valence-electron chi connectivity index (χ0n) is 16.7. The molecule has 154 valence electrons. The molecule has 0 radical (unpaired) electrons. The fraction of sp³-hybridized carbons (Fsp3) is 0.478. The number of piperidine rings is 1. The van der Waals surface area contributed by atoms with E-state index >= 15 is 0 Å². The van der Waals surface area contributed by atoms with Crippen LogP contribution in [-0.4, -0.2) is 41.6 Å². The molecule has 0 saturated carbocycles. The minimum absolute atomic E-state index is 0.000630. The largest absolute Gasteiger partial charge is 0.462 e. The van der Waals surface area contributed by atoms with Gasteiger partial charge in [0.2, 0.25) is 12.6 Å². The molecule has 0 aliphatic carbocycles. The fourth-order valence-corrected chi connectivity index (χ4v) is 4.25. The van der Waals surface area contributed by atoms with Gasteiger partial charge in [-0.2, -0.15) is 0 Å². The van der Waals surface area contributed by atoms with Crippen LogP contribution in [0.1, 0.15) is 48.4 Å². The van der Waals surface area contributed by atoms with Crippen LogP contribution in [-0.2, 0) is 15.9 Å². The van der Waals surface area contributed by atoms with Crippen molar-refractivity contribution in [2.24, 2.45) is 5.92 Å². The second kappa shape index (κ2) is 9.74. The number of carbonyl (C=O) groups excluding carboxylic acids is 1. The van der Waals surface area contributed by atoms with E-state index in [-0.39, 0.29) is 17.7 Å². The van der Waals surface area contributed by atoms with Crippen molar-refractivity contribution in [2.75, 3.05) is 19.9 Å². The Hall–Kier alpha value is -2.60. The maximum Gasteiger partial charge on any atom is 0.263 e. The number of hydrogen-bond donors (Lipinski definition) is 0. The first kappa shape index (κ1) is 19.7. The third-order valence-corrected chi connectivity index (χ3v) is 5.87. The van der Waals surface area contributed by atoms with Crippen LogP contribution in [0.15, 0.2) is 59.2 Å². The van der Waals surface area contributed by atoms with Crippen molar-refractivity contribution in [1.29, 1.82) is 0 Å². The molecular weight excluding hydrogens is 368 g/mol. The first-order valence-corrected chi connectivity index (χ1v) is 10.4. The molecule has 0 spiro atoms. The molecule has 6 nitrogen and oxygen atoms in total. The van der Waals surface area contributed by atoms with Crippen LogP contribution in [0.2, 0.25) is 0 Å². The van der Waals surface area contributed by atoms with Crippen molar-refractivity contribution in [3.05, 3.63) is 66.3 Å². The van der Waals surface area contributed by atoms with Gasteiger partial charge in [0.1, 0.15) is 12.5 Å². The SMILES string of the molecule is O=C(CCCC1CCN(C(Cc2ccccc2)C2=COCO2)CC1)c1ncco1. The Balaban J connectivity index is 1.27. The van der Waals surface area contributed by atoms with Crippen molar-refractivity contribution in [3.8, 4) is 0 Å². The number of aromatic nitrogens is 1. The number of carbonyl (C=O) groups is 1. The first-order chi connectivity index (χ1) is 14.3. The van der Waals surface area contributed by atoms with E-state index in [1.165, 1.54) is 18.0 Å². The Kier molecular flexibility index (Phi) is 6.62. The Labute approximate surface area is 171 Å². The molecule has 2 aliphatic heterocycles. The number of nitrogens with zero attached hydrogens (tertiary/aromatic N) is 2. The fourth-order valence-electron chi connectivity index (χ4n) is 4.25. The summed E-state index contributed by atoms with van der Waals surface area (Å²) in [6.07, 6.45) is 10.4. The minimum Gasteiger partial charge on any atom is -0.462 e. The Bertz CT molecular complexity index is 796. The van der Waals surface area contributed by atoms with E-state index in [1.807, 2.05) is 6.07 Å². The van der Waals surface area contributed by atoms with Crippen LogP contribution >= 0.6 is 0 Å². The van der Waals surface area contributed by atoms with Crippen LogP contribution in [0.4, 0.5) is 0 Å². The number of hydrogen-bond acceptors (Lipinski definition) is 6. The normalized spacial score (nSPS) is 18.7. The van der Waals surface area contributed by atoms with Crippen LogP contribution in [0.25, 0.3) is 0 Å². The van der Waals surface area contributed by atoms with Crippen LogP contribution in [0.5, 0.6) is 0 Å². The molecule has 0 bridgehead atoms. The maximum atomic E-state index is 12.0. The van der Waals surface area contributed by atoms with E-state index in [4.69, 9.17) is 13.9 Å². The van der Waals surface area contributed by atoms with E-state index in [9.17, 15) is 4.79 Å². The van der Waals surface area contributed by atoms with Crippen molar-refractivity contribution < 1.29 is 18.7 Å². The number of likely N-dealkylation sites (tertiary alicyclic amines) is 1. The van der Waals surface area contributed by atoms with Crippen molar-refractivity contribution in [2.45, 2.75) is 44.6 Å². The summed E-state index contributed by atoms with van der Waals surface area (Å²) in [7, 11) is 0. The van der Waals surface area contributed by atoms with Gasteiger partial charge in [0.05, 0.1) is 12.2 Å². The summed E-state index contributed by atoms with van der Waals surface area (Å²) in [4.78, 5) is 18.5. The van der Waals surface area contributed by atoms with E-state index in [0.29, 0.717) is 19.1 Å². The number of ketones is 1. The van der Waals surface area contributed by atoms with Crippen molar-refractivity contribution in [1.82, 2.24) is 9.88 Å². The third-order valence-electron chi connectivity index (χ3n) is 5.87. The molecule has 1 aromatic carbocycles. The Morgan fingerprint density at radius 1 is 1.21 bits per heavy atom. The van der Waals surface area contributed by atoms with Gasteiger partial charge in [-0.3, -0.25) is 9.69 Å². The van der Waals surface area contributed by atoms with Crippen LogP contribution in [0.3, 0.4) is 0 Å². The Morgan fingerprint density at radius 3 is 2.72 bits per heavy atom. The van der Waals surface area contributed by atoms with Crippen LogP contribution < -0.4 is 0 Å². The molecule has 3 heterocycles. The third kappa shape index (κ3) is 5.26. The second-order valence-electron chi connectivity index (χ2n) is 7.79. The molecule has 1 atom stereocenters. The molecule has 2 aliphatic rings. The minimum atomic E-state index is 0.000630. The van der Waals surface area contributed by atoms with Gasteiger partial charge in [-0.15, -0.1) is 0 Å². The molecule has 0 amide bonds. The highest BCUT2D eigenvalue weighted by Gasteiger charge is 2.30. The van der Waals surface area contributed by atoms with E-state index in [2.05, 4.69) is 34.1 Å². The van der Waals surface area contributed by atoms with Crippen molar-refractivity contribution >= 4 is 5.78 Å². The number of Topliss-reactive ketones (excluding diaryl/α,β-unsaturated/α-hetero) is 1. The smallest absolute Gasteiger partial charge is 0.263 e. The summed E-state index contributed by atoms with van der Waals surface area (Å²) in [6, 6.07) is 10.8. The van der Waals surface area contributed by atoms with Gasteiger partial charge in [-0.25, -0.2) is 4.98 Å². The summed E-state index contributed by atoms with van der Waals surface area (Å²) >= 11 is 0. The highest BCUT2D eigenvalue weighted by atomic mass is 16.7. The maximum absolute atomic E-state index is 12.0. The lowest BCUT2D eigenvalue weighted by Gasteiger charge is -2.37. The summed E-state index contributed by atoms with van der Waals surface area (Å²) in [5.41, 5.74) is 1.31. The number of rotatable bonds is 9. The molecule has 1 unspecified atom stereocenters. The monoisotopic (exact) mass is 396 g/mol. The first-order valence-electron chi connectivity index (χ1n) is 10.4. The molecule has 29 heavy (non-hydrogen) atoms. The molecule has 4 rings (SSSR count). The van der Waals surface area contributed by atoms with E-state index in [0.717, 1.165) is 51.0 Å². The second-order valence-corrected chi connectivity index (χ2v) is 7.79. The predicted molar refractivity (Wildman–Crippen MR) is 108 cm³/mol. The Morgan fingerprint density at radius 2 is 2.03 bits per heavy atom. The lowest BCUT2D eigenvalue weighted by atomic mass is 9.89. The van der Waals surface area contributed by atoms with Gasteiger partial charge < -0.3 is 13.9 Å². The summed E-state index contributed by atoms with van der Waals surface area (Å²) in [6.45, 7) is 2.39. The summed E-state index contributed by atoms with van der Waals surface area (Å²) in [5, 5.41) is 0. The molecule has 6 heteroatoms. The summed E-state index contributed by atoms with van der Waals surface area (Å²) in [5.74, 6) is 1.83. The van der Waals surface area contributed by atoms with Gasteiger partial charge in [0.15, 0.2) is 5.76 Å². The van der Waals surface area contributed by atoms with Gasteiger partial charge in [-0.05, 0) is 56.7 Å². The zero-order valence-corrected chi connectivity index (χ0v) is 16.7. The van der Waals surface area contributed by atoms with Crippen molar-refractivity contribution in [3.63, 3.8) is 0 Å². The average molecular weight is 396 g/mol. The number of ether oxygens (including phenoxy) is 2. The molecule has 1 saturated heterocycles. The van der Waals surface area contributed by atoms with E-state index < -0.39 is 0 Å². The van der Waals surface area contributed by atoms with Gasteiger partial charge in [-0.1, -0.05) is 30.3 Å². The molecule has 1 fully saturated rings. The summed E-state index contributed by atoms with van der Waals surface area (Å²) < 4.78 is 16.2. The molecule has 2 aromatic rings. The van der Waals surface area contributed by atoms with Gasteiger partial charge in [0.25, 0.3) is 5.89 Å². The molecule has 0 N–H and O–H groups in total.